The molecule has 0 radical (unpaired) electrons. The molecule has 0 saturated carbocycles. The summed E-state index contributed by atoms with van der Waals surface area (Å²) in [6.07, 6.45) is 3.79. The quantitative estimate of drug-likeness (QED) is 0.789. The molecule has 1 saturated heterocycles. The normalized spacial score (nSPS) is 15.5. The Balaban J connectivity index is 2.37. The first-order valence-electron chi connectivity index (χ1n) is 5.46. The minimum absolute atomic E-state index is 0.0889. The van der Waals surface area contributed by atoms with E-state index < -0.39 is 0 Å². The number of allylic oxidation sites excluding steroid dienone is 1. The molecule has 1 aromatic rings. The van der Waals surface area contributed by atoms with Crippen molar-refractivity contribution in [2.75, 3.05) is 11.4 Å². The van der Waals surface area contributed by atoms with E-state index in [0.717, 1.165) is 12.0 Å². The number of nitrogens with zero attached hydrogens (tertiary/aromatic N) is 1. The average molecular weight is 217 g/mol. The van der Waals surface area contributed by atoms with Gasteiger partial charge in [-0.1, -0.05) is 18.2 Å². The smallest absolute Gasteiger partial charge is 0.227 e. The highest BCUT2D eigenvalue weighted by atomic mass is 16.3. The van der Waals surface area contributed by atoms with E-state index in [1.165, 1.54) is 0 Å². The van der Waals surface area contributed by atoms with Gasteiger partial charge in [-0.05, 0) is 24.5 Å². The van der Waals surface area contributed by atoms with Crippen LogP contribution in [0.5, 0.6) is 5.75 Å². The van der Waals surface area contributed by atoms with Crippen LogP contribution in [0.15, 0.2) is 30.9 Å². The highest BCUT2D eigenvalue weighted by Crippen LogP contribution is 2.33. The predicted octanol–water partition coefficient (Wildman–Crippen LogP) is 2.25. The summed E-state index contributed by atoms with van der Waals surface area (Å²) in [4.78, 5) is 13.2. The number of carbonyl (C=O) groups is 1. The summed E-state index contributed by atoms with van der Waals surface area (Å²) in [6.45, 7) is 4.35. The summed E-state index contributed by atoms with van der Waals surface area (Å²) < 4.78 is 0. The molecule has 0 bridgehead atoms. The molecule has 16 heavy (non-hydrogen) atoms. The second kappa shape index (κ2) is 4.39. The van der Waals surface area contributed by atoms with Crippen molar-refractivity contribution in [2.24, 2.45) is 0 Å². The number of phenols is 1. The van der Waals surface area contributed by atoms with Crippen LogP contribution in [-0.2, 0) is 11.2 Å². The lowest BCUT2D eigenvalue weighted by Gasteiger charge is -2.18. The standard InChI is InChI=1S/C13H15NO2/c1-2-5-10-6-3-7-11(13(10)16)14-9-4-8-12(14)15/h2-3,6-7,16H,1,4-5,8-9H2. The molecule has 2 rings (SSSR count). The van der Waals surface area contributed by atoms with Gasteiger partial charge in [0.15, 0.2) is 0 Å². The fourth-order valence-electron chi connectivity index (χ4n) is 2.02. The van der Waals surface area contributed by atoms with Crippen LogP contribution in [-0.4, -0.2) is 17.6 Å². The van der Waals surface area contributed by atoms with Crippen molar-refractivity contribution in [2.45, 2.75) is 19.3 Å². The third-order valence-corrected chi connectivity index (χ3v) is 2.83. The zero-order valence-corrected chi connectivity index (χ0v) is 9.15. The second-order valence-corrected chi connectivity index (χ2v) is 3.93. The largest absolute Gasteiger partial charge is 0.505 e. The topological polar surface area (TPSA) is 40.5 Å². The zero-order chi connectivity index (χ0) is 11.5. The summed E-state index contributed by atoms with van der Waals surface area (Å²) >= 11 is 0. The minimum Gasteiger partial charge on any atom is -0.505 e. The van der Waals surface area contributed by atoms with Crippen LogP contribution in [0.3, 0.4) is 0 Å². The molecule has 1 aromatic carbocycles. The molecule has 1 N–H and O–H groups in total. The number of aromatic hydroxyl groups is 1. The number of benzene rings is 1. The summed E-state index contributed by atoms with van der Waals surface area (Å²) in [5.74, 6) is 0.295. The van der Waals surface area contributed by atoms with E-state index in [0.29, 0.717) is 25.1 Å². The Kier molecular flexibility index (Phi) is 2.95. The van der Waals surface area contributed by atoms with Gasteiger partial charge in [-0.3, -0.25) is 4.79 Å². The number of rotatable bonds is 3. The van der Waals surface area contributed by atoms with Gasteiger partial charge in [-0.15, -0.1) is 6.58 Å². The van der Waals surface area contributed by atoms with E-state index in [2.05, 4.69) is 6.58 Å². The summed E-state index contributed by atoms with van der Waals surface area (Å²) in [5, 5.41) is 10.1. The van der Waals surface area contributed by atoms with Gasteiger partial charge >= 0.3 is 0 Å². The number of carbonyl (C=O) groups excluding carboxylic acids is 1. The number of anilines is 1. The fourth-order valence-corrected chi connectivity index (χ4v) is 2.02. The first-order valence-corrected chi connectivity index (χ1v) is 5.46. The highest BCUT2D eigenvalue weighted by molar-refractivity contribution is 5.96. The molecule has 1 amide bonds. The maximum Gasteiger partial charge on any atom is 0.227 e. The van der Waals surface area contributed by atoms with E-state index in [1.54, 1.807) is 17.0 Å². The summed E-state index contributed by atoms with van der Waals surface area (Å²) in [5.41, 5.74) is 1.44. The average Bonchev–Trinajstić information content (AvgIpc) is 2.68. The van der Waals surface area contributed by atoms with Crippen molar-refractivity contribution in [3.8, 4) is 5.75 Å². The molecule has 1 fully saturated rings. The molecule has 0 unspecified atom stereocenters. The van der Waals surface area contributed by atoms with Crippen LogP contribution >= 0.6 is 0 Å². The Morgan fingerprint density at radius 3 is 2.94 bits per heavy atom. The minimum atomic E-state index is 0.0889. The Labute approximate surface area is 95.0 Å². The third-order valence-electron chi connectivity index (χ3n) is 2.83. The van der Waals surface area contributed by atoms with Gasteiger partial charge in [0.25, 0.3) is 0 Å². The van der Waals surface area contributed by atoms with Crippen molar-refractivity contribution in [3.05, 3.63) is 36.4 Å². The van der Waals surface area contributed by atoms with Crippen LogP contribution in [0.4, 0.5) is 5.69 Å². The Morgan fingerprint density at radius 1 is 1.50 bits per heavy atom. The number of amides is 1. The number of hydrogen-bond acceptors (Lipinski definition) is 2. The first kappa shape index (κ1) is 10.7. The maximum atomic E-state index is 11.6. The monoisotopic (exact) mass is 217 g/mol. The Hall–Kier alpha value is -1.77. The van der Waals surface area contributed by atoms with Crippen molar-refractivity contribution in [1.29, 1.82) is 0 Å². The van der Waals surface area contributed by atoms with Crippen LogP contribution in [0, 0.1) is 0 Å². The van der Waals surface area contributed by atoms with Gasteiger partial charge in [0, 0.05) is 13.0 Å². The van der Waals surface area contributed by atoms with Gasteiger partial charge in [-0.2, -0.15) is 0 Å². The lowest BCUT2D eigenvalue weighted by Crippen LogP contribution is -2.23. The van der Waals surface area contributed by atoms with Crippen molar-refractivity contribution < 1.29 is 9.90 Å². The van der Waals surface area contributed by atoms with Crippen molar-refractivity contribution in [1.82, 2.24) is 0 Å². The van der Waals surface area contributed by atoms with Crippen LogP contribution in [0.25, 0.3) is 0 Å². The lowest BCUT2D eigenvalue weighted by atomic mass is 10.1. The maximum absolute atomic E-state index is 11.6. The van der Waals surface area contributed by atoms with Crippen LogP contribution in [0.1, 0.15) is 18.4 Å². The van der Waals surface area contributed by atoms with Crippen LogP contribution < -0.4 is 4.90 Å². The number of para-hydroxylation sites is 1. The molecule has 3 heteroatoms. The molecule has 0 spiro atoms. The third kappa shape index (κ3) is 1.81. The zero-order valence-electron chi connectivity index (χ0n) is 9.15. The summed E-state index contributed by atoms with van der Waals surface area (Å²) in [6, 6.07) is 5.49. The molecule has 84 valence electrons. The van der Waals surface area contributed by atoms with Crippen LogP contribution in [0.2, 0.25) is 0 Å². The van der Waals surface area contributed by atoms with E-state index in [-0.39, 0.29) is 11.7 Å². The van der Waals surface area contributed by atoms with Crippen molar-refractivity contribution >= 4 is 11.6 Å². The summed E-state index contributed by atoms with van der Waals surface area (Å²) in [7, 11) is 0. The van der Waals surface area contributed by atoms with Gasteiger partial charge in [0.1, 0.15) is 5.75 Å². The fraction of sp³-hybridized carbons (Fsp3) is 0.308. The van der Waals surface area contributed by atoms with E-state index >= 15 is 0 Å². The molecule has 0 aromatic heterocycles. The molecular weight excluding hydrogens is 202 g/mol. The number of hydrogen-bond donors (Lipinski definition) is 1. The van der Waals surface area contributed by atoms with Gasteiger partial charge in [0.05, 0.1) is 5.69 Å². The highest BCUT2D eigenvalue weighted by Gasteiger charge is 2.24. The lowest BCUT2D eigenvalue weighted by molar-refractivity contribution is -0.117. The predicted molar refractivity (Wildman–Crippen MR) is 63.6 cm³/mol. The molecule has 0 atom stereocenters. The van der Waals surface area contributed by atoms with E-state index in [9.17, 15) is 9.90 Å². The van der Waals surface area contributed by atoms with Gasteiger partial charge in [-0.25, -0.2) is 0 Å². The van der Waals surface area contributed by atoms with Gasteiger partial charge in [0.2, 0.25) is 5.91 Å². The molecule has 0 aliphatic carbocycles. The van der Waals surface area contributed by atoms with Gasteiger partial charge < -0.3 is 10.0 Å². The van der Waals surface area contributed by atoms with Crippen molar-refractivity contribution in [3.63, 3.8) is 0 Å². The molecule has 1 aliphatic rings. The first-order chi connectivity index (χ1) is 7.74. The van der Waals surface area contributed by atoms with E-state index in [1.807, 2.05) is 12.1 Å². The Bertz CT molecular complexity index is 426. The molecular formula is C13H15NO2. The number of phenolic OH excluding ortho intramolecular Hbond substituents is 1. The SMILES string of the molecule is C=CCc1cccc(N2CCCC2=O)c1O. The molecule has 1 aliphatic heterocycles. The second-order valence-electron chi connectivity index (χ2n) is 3.93. The Morgan fingerprint density at radius 2 is 2.31 bits per heavy atom. The van der Waals surface area contributed by atoms with E-state index in [4.69, 9.17) is 0 Å². The molecule has 1 heterocycles. The molecule has 3 nitrogen and oxygen atoms in total.